The van der Waals surface area contributed by atoms with Crippen molar-refractivity contribution in [2.75, 3.05) is 6.54 Å². The molecule has 0 saturated heterocycles. The molecule has 0 unspecified atom stereocenters. The molecule has 17 heavy (non-hydrogen) atoms. The van der Waals surface area contributed by atoms with Gasteiger partial charge in [0.15, 0.2) is 0 Å². The summed E-state index contributed by atoms with van der Waals surface area (Å²) in [6, 6.07) is 4.51. The first-order valence-electron chi connectivity index (χ1n) is 5.50. The Hall–Kier alpha value is -1.75. The van der Waals surface area contributed by atoms with Gasteiger partial charge in [0.05, 0.1) is 4.92 Å². The highest BCUT2D eigenvalue weighted by molar-refractivity contribution is 5.54. The van der Waals surface area contributed by atoms with E-state index in [1.54, 1.807) is 6.08 Å². The second kappa shape index (κ2) is 5.05. The van der Waals surface area contributed by atoms with E-state index in [4.69, 9.17) is 0 Å². The quantitative estimate of drug-likeness (QED) is 0.631. The molecule has 1 aromatic rings. The van der Waals surface area contributed by atoms with Crippen LogP contribution >= 0.6 is 0 Å². The molecule has 1 N–H and O–H groups in total. The van der Waals surface area contributed by atoms with Crippen LogP contribution in [0.15, 0.2) is 24.3 Å². The van der Waals surface area contributed by atoms with Crippen molar-refractivity contribution in [3.8, 4) is 0 Å². The van der Waals surface area contributed by atoms with Gasteiger partial charge >= 0.3 is 5.69 Å². The maximum atomic E-state index is 13.0. The molecule has 0 bridgehead atoms. The van der Waals surface area contributed by atoms with Crippen molar-refractivity contribution >= 4 is 11.8 Å². The van der Waals surface area contributed by atoms with Gasteiger partial charge in [-0.05, 0) is 24.5 Å². The van der Waals surface area contributed by atoms with Gasteiger partial charge in [0.1, 0.15) is 0 Å². The number of nitrogens with one attached hydrogen (secondary N) is 1. The highest BCUT2D eigenvalue weighted by Crippen LogP contribution is 2.20. The summed E-state index contributed by atoms with van der Waals surface area (Å²) in [6.45, 7) is 0.732. The average molecular weight is 236 g/mol. The van der Waals surface area contributed by atoms with Crippen LogP contribution in [0.1, 0.15) is 18.4 Å². The Morgan fingerprint density at radius 1 is 1.53 bits per heavy atom. The number of halogens is 1. The van der Waals surface area contributed by atoms with Gasteiger partial charge in [-0.15, -0.1) is 0 Å². The smallest absolute Gasteiger partial charge is 0.305 e. The molecule has 1 fully saturated rings. The fourth-order valence-electron chi connectivity index (χ4n) is 1.49. The molecule has 2 rings (SSSR count). The molecule has 90 valence electrons. The molecule has 1 aromatic carbocycles. The second-order valence-corrected chi connectivity index (χ2v) is 4.05. The number of benzene rings is 1. The number of nitro benzene ring substituents is 1. The van der Waals surface area contributed by atoms with Crippen molar-refractivity contribution in [3.63, 3.8) is 0 Å². The molecular weight excluding hydrogens is 223 g/mol. The van der Waals surface area contributed by atoms with Crippen molar-refractivity contribution in [2.24, 2.45) is 0 Å². The SMILES string of the molecule is O=[N+]([O-])c1cc(/C=C/CNC2CC2)ccc1F. The zero-order valence-corrected chi connectivity index (χ0v) is 9.23. The molecule has 1 aliphatic carbocycles. The molecule has 0 radical (unpaired) electrons. The van der Waals surface area contributed by atoms with Crippen LogP contribution in [0.4, 0.5) is 10.1 Å². The molecular formula is C12H13FN2O2. The Bertz CT molecular complexity index is 456. The molecule has 0 atom stereocenters. The molecule has 5 heteroatoms. The summed E-state index contributed by atoms with van der Waals surface area (Å²) in [7, 11) is 0. The number of nitro groups is 1. The summed E-state index contributed by atoms with van der Waals surface area (Å²) in [4.78, 5) is 9.82. The number of nitrogens with zero attached hydrogens (tertiary/aromatic N) is 1. The summed E-state index contributed by atoms with van der Waals surface area (Å²) in [5.74, 6) is -0.803. The largest absolute Gasteiger partial charge is 0.311 e. The molecule has 0 amide bonds. The van der Waals surface area contributed by atoms with Crippen LogP contribution in [0.25, 0.3) is 6.08 Å². The molecule has 0 spiro atoms. The zero-order chi connectivity index (χ0) is 12.3. The van der Waals surface area contributed by atoms with Crippen molar-refractivity contribution in [2.45, 2.75) is 18.9 Å². The Kier molecular flexibility index (Phi) is 3.49. The topological polar surface area (TPSA) is 55.2 Å². The predicted octanol–water partition coefficient (Wildman–Crippen LogP) is 2.50. The highest BCUT2D eigenvalue weighted by atomic mass is 19.1. The molecule has 1 saturated carbocycles. The summed E-state index contributed by atoms with van der Waals surface area (Å²) >= 11 is 0. The van der Waals surface area contributed by atoms with Gasteiger partial charge < -0.3 is 5.32 Å². The molecule has 0 aromatic heterocycles. The Morgan fingerprint density at radius 3 is 2.94 bits per heavy atom. The van der Waals surface area contributed by atoms with Gasteiger partial charge in [-0.1, -0.05) is 18.2 Å². The van der Waals surface area contributed by atoms with E-state index >= 15 is 0 Å². The van der Waals surface area contributed by atoms with Crippen molar-refractivity contribution in [3.05, 3.63) is 45.8 Å². The first kappa shape index (κ1) is 11.7. The van der Waals surface area contributed by atoms with Crippen LogP contribution in [0, 0.1) is 15.9 Å². The Morgan fingerprint density at radius 2 is 2.29 bits per heavy atom. The lowest BCUT2D eigenvalue weighted by Crippen LogP contribution is -2.15. The van der Waals surface area contributed by atoms with Crippen LogP contribution in [-0.2, 0) is 0 Å². The summed E-state index contributed by atoms with van der Waals surface area (Å²) in [5.41, 5.74) is 0.151. The minimum atomic E-state index is -0.803. The van der Waals surface area contributed by atoms with Gasteiger partial charge in [-0.2, -0.15) is 4.39 Å². The minimum absolute atomic E-state index is 0.484. The normalized spacial score (nSPS) is 15.4. The van der Waals surface area contributed by atoms with E-state index < -0.39 is 16.4 Å². The van der Waals surface area contributed by atoms with Gasteiger partial charge in [0, 0.05) is 18.7 Å². The number of hydrogen-bond donors (Lipinski definition) is 1. The third-order valence-electron chi connectivity index (χ3n) is 2.58. The summed E-state index contributed by atoms with van der Waals surface area (Å²) < 4.78 is 13.0. The van der Waals surface area contributed by atoms with Crippen LogP contribution in [-0.4, -0.2) is 17.5 Å². The Balaban J connectivity index is 1.99. The minimum Gasteiger partial charge on any atom is -0.311 e. The van der Waals surface area contributed by atoms with E-state index in [1.807, 2.05) is 6.08 Å². The third-order valence-corrected chi connectivity index (χ3v) is 2.58. The number of rotatable bonds is 5. The zero-order valence-electron chi connectivity index (χ0n) is 9.23. The summed E-state index contributed by atoms with van der Waals surface area (Å²) in [6.07, 6.45) is 6.07. The molecule has 0 aliphatic heterocycles. The summed E-state index contributed by atoms with van der Waals surface area (Å²) in [5, 5.41) is 13.8. The lowest BCUT2D eigenvalue weighted by molar-refractivity contribution is -0.387. The van der Waals surface area contributed by atoms with Crippen LogP contribution in [0.2, 0.25) is 0 Å². The maximum absolute atomic E-state index is 13.0. The van der Waals surface area contributed by atoms with Crippen molar-refractivity contribution < 1.29 is 9.31 Å². The second-order valence-electron chi connectivity index (χ2n) is 4.05. The highest BCUT2D eigenvalue weighted by Gasteiger charge is 2.19. The van der Waals surface area contributed by atoms with E-state index in [2.05, 4.69) is 5.32 Å². The third kappa shape index (κ3) is 3.35. The molecule has 1 aliphatic rings. The van der Waals surface area contributed by atoms with E-state index in [1.165, 1.54) is 25.0 Å². The van der Waals surface area contributed by atoms with E-state index in [0.29, 0.717) is 11.6 Å². The first-order valence-corrected chi connectivity index (χ1v) is 5.50. The number of hydrogen-bond acceptors (Lipinski definition) is 3. The van der Waals surface area contributed by atoms with Crippen LogP contribution in [0.5, 0.6) is 0 Å². The standard InChI is InChI=1S/C12H13FN2O2/c13-11-6-3-9(8-12(11)15(16)17)2-1-7-14-10-4-5-10/h1-3,6,8,10,14H,4-5,7H2/b2-1+. The maximum Gasteiger partial charge on any atom is 0.305 e. The van der Waals surface area contributed by atoms with E-state index in [9.17, 15) is 14.5 Å². The fraction of sp³-hybridized carbons (Fsp3) is 0.333. The van der Waals surface area contributed by atoms with Gasteiger partial charge in [-0.3, -0.25) is 10.1 Å². The van der Waals surface area contributed by atoms with Crippen molar-refractivity contribution in [1.29, 1.82) is 0 Å². The fourth-order valence-corrected chi connectivity index (χ4v) is 1.49. The van der Waals surface area contributed by atoms with Crippen molar-refractivity contribution in [1.82, 2.24) is 5.32 Å². The molecule has 4 nitrogen and oxygen atoms in total. The van der Waals surface area contributed by atoms with Gasteiger partial charge in [-0.25, -0.2) is 0 Å². The van der Waals surface area contributed by atoms with E-state index in [-0.39, 0.29) is 0 Å². The lowest BCUT2D eigenvalue weighted by atomic mass is 10.2. The van der Waals surface area contributed by atoms with Gasteiger partial charge in [0.25, 0.3) is 0 Å². The average Bonchev–Trinajstić information content (AvgIpc) is 3.10. The monoisotopic (exact) mass is 236 g/mol. The predicted molar refractivity (Wildman–Crippen MR) is 63.1 cm³/mol. The van der Waals surface area contributed by atoms with E-state index in [0.717, 1.165) is 12.6 Å². The van der Waals surface area contributed by atoms with Gasteiger partial charge in [0.2, 0.25) is 5.82 Å². The van der Waals surface area contributed by atoms with Crippen LogP contribution < -0.4 is 5.32 Å². The molecule has 0 heterocycles. The lowest BCUT2D eigenvalue weighted by Gasteiger charge is -1.97. The first-order chi connectivity index (χ1) is 8.16. The van der Waals surface area contributed by atoms with Crippen LogP contribution in [0.3, 0.4) is 0 Å². The Labute approximate surface area is 98.3 Å².